The van der Waals surface area contributed by atoms with Crippen molar-refractivity contribution in [1.29, 1.82) is 0 Å². The van der Waals surface area contributed by atoms with Crippen LogP contribution in [0.2, 0.25) is 0 Å². The van der Waals surface area contributed by atoms with E-state index in [1.807, 2.05) is 0 Å². The summed E-state index contributed by atoms with van der Waals surface area (Å²) in [6.07, 6.45) is -0.917. The van der Waals surface area contributed by atoms with E-state index in [0.29, 0.717) is 13.2 Å². The van der Waals surface area contributed by atoms with E-state index in [2.05, 4.69) is 15.0 Å². The van der Waals surface area contributed by atoms with Crippen molar-refractivity contribution >= 4 is 12.2 Å². The Hall–Kier alpha value is -2.35. The molecule has 1 amide bonds. The van der Waals surface area contributed by atoms with Crippen molar-refractivity contribution in [2.75, 3.05) is 20.3 Å². The van der Waals surface area contributed by atoms with Gasteiger partial charge in [-0.2, -0.15) is 0 Å². The van der Waals surface area contributed by atoms with Gasteiger partial charge in [-0.05, 0) is 6.07 Å². The van der Waals surface area contributed by atoms with E-state index in [-0.39, 0.29) is 11.6 Å². The van der Waals surface area contributed by atoms with Crippen LogP contribution in [0.5, 0.6) is 11.6 Å². The summed E-state index contributed by atoms with van der Waals surface area (Å²) in [5, 5.41) is 10.8. The maximum atomic E-state index is 11.2. The fourth-order valence-corrected chi connectivity index (χ4v) is 0.998. The van der Waals surface area contributed by atoms with Gasteiger partial charge in [0.25, 0.3) is 0 Å². The van der Waals surface area contributed by atoms with Gasteiger partial charge >= 0.3 is 12.2 Å². The number of carbonyl (C=O) groups excluding carboxylic acids is 1. The number of nitrogens with zero attached hydrogens (tertiary/aromatic N) is 1. The maximum absolute atomic E-state index is 11.2. The first kappa shape index (κ1) is 13.7. The van der Waals surface area contributed by atoms with Gasteiger partial charge in [0.1, 0.15) is 5.75 Å². The highest BCUT2D eigenvalue weighted by molar-refractivity contribution is 5.70. The number of hydrogen-bond donors (Lipinski definition) is 2. The third kappa shape index (κ3) is 5.12. The van der Waals surface area contributed by atoms with E-state index in [1.54, 1.807) is 0 Å². The number of carboxylic acid groups (broad SMARTS) is 1. The Balaban J connectivity index is 2.51. The van der Waals surface area contributed by atoms with Crippen molar-refractivity contribution in [3.8, 4) is 11.6 Å². The molecule has 0 atom stereocenters. The maximum Gasteiger partial charge on any atom is 0.511 e. The number of amides is 1. The lowest BCUT2D eigenvalue weighted by atomic mass is 10.4. The summed E-state index contributed by atoms with van der Waals surface area (Å²) in [6.45, 7) is 0.644. The molecule has 18 heavy (non-hydrogen) atoms. The minimum Gasteiger partial charge on any atom is -0.449 e. The Morgan fingerprint density at radius 1 is 1.44 bits per heavy atom. The molecular formula is C10H12N2O6. The lowest BCUT2D eigenvalue weighted by Crippen LogP contribution is -2.30. The van der Waals surface area contributed by atoms with E-state index < -0.39 is 12.2 Å². The molecular weight excluding hydrogens is 244 g/mol. The molecule has 1 aromatic rings. The number of pyridine rings is 1. The molecule has 1 aromatic heterocycles. The Morgan fingerprint density at radius 2 is 2.22 bits per heavy atom. The Labute approximate surface area is 102 Å². The van der Waals surface area contributed by atoms with Gasteiger partial charge in [0.2, 0.25) is 5.88 Å². The zero-order valence-corrected chi connectivity index (χ0v) is 9.58. The molecule has 1 heterocycles. The summed E-state index contributed by atoms with van der Waals surface area (Å²) in [7, 11) is 1.50. The lowest BCUT2D eigenvalue weighted by molar-refractivity contribution is 0.144. The predicted molar refractivity (Wildman–Crippen MR) is 58.8 cm³/mol. The smallest absolute Gasteiger partial charge is 0.449 e. The minimum atomic E-state index is -1.46. The number of hydrogen-bond acceptors (Lipinski definition) is 6. The van der Waals surface area contributed by atoms with E-state index in [0.717, 1.165) is 0 Å². The van der Waals surface area contributed by atoms with Crippen molar-refractivity contribution in [2.24, 2.45) is 0 Å². The van der Waals surface area contributed by atoms with Crippen molar-refractivity contribution in [2.45, 2.75) is 0 Å². The molecule has 0 bridgehead atoms. The molecule has 0 saturated carbocycles. The quantitative estimate of drug-likeness (QED) is 0.594. The van der Waals surface area contributed by atoms with Crippen LogP contribution in [0, 0.1) is 0 Å². The third-order valence-corrected chi connectivity index (χ3v) is 1.68. The van der Waals surface area contributed by atoms with E-state index in [9.17, 15) is 9.59 Å². The van der Waals surface area contributed by atoms with Gasteiger partial charge < -0.3 is 24.6 Å². The van der Waals surface area contributed by atoms with Crippen LogP contribution < -0.4 is 14.8 Å². The summed E-state index contributed by atoms with van der Waals surface area (Å²) in [6, 6.07) is 2.51. The van der Waals surface area contributed by atoms with E-state index >= 15 is 0 Å². The Morgan fingerprint density at radius 3 is 2.89 bits per heavy atom. The van der Waals surface area contributed by atoms with Crippen LogP contribution in [0.1, 0.15) is 0 Å². The second-order valence-corrected chi connectivity index (χ2v) is 3.01. The predicted octanol–water partition coefficient (Wildman–Crippen LogP) is 0.873. The zero-order chi connectivity index (χ0) is 13.4. The van der Waals surface area contributed by atoms with Crippen LogP contribution in [-0.4, -0.2) is 42.6 Å². The first-order valence-electron chi connectivity index (χ1n) is 4.93. The summed E-state index contributed by atoms with van der Waals surface area (Å²) in [5.74, 6) is -0.0548. The largest absolute Gasteiger partial charge is 0.511 e. The lowest BCUT2D eigenvalue weighted by Gasteiger charge is -2.06. The second-order valence-electron chi connectivity index (χ2n) is 3.01. The average Bonchev–Trinajstić information content (AvgIpc) is 2.28. The highest BCUT2D eigenvalue weighted by Crippen LogP contribution is 2.16. The van der Waals surface area contributed by atoms with Crippen molar-refractivity contribution in [3.63, 3.8) is 0 Å². The molecule has 0 aromatic carbocycles. The molecule has 1 rings (SSSR count). The molecule has 8 nitrogen and oxygen atoms in total. The Kier molecular flexibility index (Phi) is 5.39. The van der Waals surface area contributed by atoms with Gasteiger partial charge in [-0.1, -0.05) is 0 Å². The number of aromatic nitrogens is 1. The SMILES string of the molecule is COCCNC(=O)Oc1cc(OC(=O)O)ccn1. The summed E-state index contributed by atoms with van der Waals surface area (Å²) in [4.78, 5) is 25.3. The van der Waals surface area contributed by atoms with Crippen molar-refractivity contribution < 1.29 is 28.9 Å². The van der Waals surface area contributed by atoms with Gasteiger partial charge in [-0.15, -0.1) is 0 Å². The van der Waals surface area contributed by atoms with Crippen LogP contribution in [-0.2, 0) is 4.74 Å². The highest BCUT2D eigenvalue weighted by Gasteiger charge is 2.07. The fourth-order valence-electron chi connectivity index (χ4n) is 0.998. The molecule has 98 valence electrons. The third-order valence-electron chi connectivity index (χ3n) is 1.68. The topological polar surface area (TPSA) is 107 Å². The molecule has 8 heteroatoms. The van der Waals surface area contributed by atoms with Gasteiger partial charge in [-0.3, -0.25) is 0 Å². The van der Waals surface area contributed by atoms with Crippen LogP contribution >= 0.6 is 0 Å². The molecule has 0 aliphatic rings. The number of ether oxygens (including phenoxy) is 3. The molecule has 0 radical (unpaired) electrons. The molecule has 0 aliphatic carbocycles. The van der Waals surface area contributed by atoms with Gasteiger partial charge in [0.05, 0.1) is 6.61 Å². The van der Waals surface area contributed by atoms with Crippen LogP contribution in [0.25, 0.3) is 0 Å². The average molecular weight is 256 g/mol. The number of carbonyl (C=O) groups is 2. The number of nitrogens with one attached hydrogen (secondary N) is 1. The molecule has 0 fully saturated rings. The van der Waals surface area contributed by atoms with Gasteiger partial charge in [0.15, 0.2) is 0 Å². The van der Waals surface area contributed by atoms with Gasteiger partial charge in [-0.25, -0.2) is 14.6 Å². The molecule has 0 unspecified atom stereocenters. The molecule has 2 N–H and O–H groups in total. The molecule has 0 saturated heterocycles. The van der Waals surface area contributed by atoms with Crippen molar-refractivity contribution in [1.82, 2.24) is 10.3 Å². The summed E-state index contributed by atoms with van der Waals surface area (Å²) >= 11 is 0. The number of rotatable bonds is 5. The summed E-state index contributed by atoms with van der Waals surface area (Å²) < 4.78 is 13.9. The zero-order valence-electron chi connectivity index (χ0n) is 9.58. The first-order chi connectivity index (χ1) is 8.61. The Bertz CT molecular complexity index is 423. The van der Waals surface area contributed by atoms with Gasteiger partial charge in [0, 0.05) is 25.9 Å². The minimum absolute atomic E-state index is 0.0113. The van der Waals surface area contributed by atoms with Crippen molar-refractivity contribution in [3.05, 3.63) is 18.3 Å². The molecule has 0 spiro atoms. The van der Waals surface area contributed by atoms with Crippen LogP contribution in [0.15, 0.2) is 18.3 Å². The second kappa shape index (κ2) is 7.07. The van der Waals surface area contributed by atoms with Crippen LogP contribution in [0.4, 0.5) is 9.59 Å². The fraction of sp³-hybridized carbons (Fsp3) is 0.300. The van der Waals surface area contributed by atoms with Crippen LogP contribution in [0.3, 0.4) is 0 Å². The molecule has 0 aliphatic heterocycles. The standard InChI is InChI=1S/C10H12N2O6/c1-16-5-4-12-9(13)18-8-6-7(2-3-11-8)17-10(14)15/h2-3,6H,4-5H2,1H3,(H,12,13)(H,14,15). The number of methoxy groups -OCH3 is 1. The normalized spacial score (nSPS) is 9.61. The van der Waals surface area contributed by atoms with E-state index in [1.165, 1.54) is 25.4 Å². The summed E-state index contributed by atoms with van der Waals surface area (Å²) in [5.41, 5.74) is 0. The first-order valence-corrected chi connectivity index (χ1v) is 4.93. The van der Waals surface area contributed by atoms with E-state index in [4.69, 9.17) is 14.6 Å². The highest BCUT2D eigenvalue weighted by atomic mass is 16.7. The monoisotopic (exact) mass is 256 g/mol.